The minimum atomic E-state index is -0.175. The van der Waals surface area contributed by atoms with Crippen LogP contribution in [0.25, 0.3) is 0 Å². The van der Waals surface area contributed by atoms with Crippen molar-refractivity contribution in [3.63, 3.8) is 0 Å². The zero-order chi connectivity index (χ0) is 25.7. The second kappa shape index (κ2) is 12.0. The van der Waals surface area contributed by atoms with Gasteiger partial charge in [-0.1, -0.05) is 55.3 Å². The maximum Gasteiger partial charge on any atom is 0.229 e. The van der Waals surface area contributed by atoms with Crippen LogP contribution in [0.2, 0.25) is 0 Å². The third-order valence-electron chi connectivity index (χ3n) is 8.93. The molecule has 2 aromatic rings. The number of hydrogen-bond acceptors (Lipinski definition) is 4. The lowest BCUT2D eigenvalue weighted by molar-refractivity contribution is -0.139. The molecular formula is C31H41N3O2S. The van der Waals surface area contributed by atoms with Crippen molar-refractivity contribution in [3.8, 4) is 0 Å². The number of nitrogens with one attached hydrogen (secondary N) is 1. The molecule has 3 fully saturated rings. The first-order valence-electron chi connectivity index (χ1n) is 14.1. The standard InChI is InChI=1S/C31H41N3O2S/c1-37-27-13-11-24(12-14-27)23-34-22-18-31(30(34)36)16-20-33(21-17-31)19-15-28(25-7-3-2-4-8-25)32-29(35)26-9-5-6-10-26/h2-4,7-8,11-14,26,28H,5-6,9-10,15-23H2,1H3,(H,32,35)/t28-/m0/s1. The number of hydrogen-bond donors (Lipinski definition) is 1. The van der Waals surface area contributed by atoms with E-state index in [9.17, 15) is 9.59 Å². The van der Waals surface area contributed by atoms with Gasteiger partial charge in [0.25, 0.3) is 0 Å². The third-order valence-corrected chi connectivity index (χ3v) is 9.67. The van der Waals surface area contributed by atoms with Crippen LogP contribution in [0.4, 0.5) is 0 Å². The summed E-state index contributed by atoms with van der Waals surface area (Å²) in [5.41, 5.74) is 2.23. The highest BCUT2D eigenvalue weighted by atomic mass is 32.2. The Hall–Kier alpha value is -2.31. The molecule has 3 aliphatic rings. The second-order valence-corrected chi connectivity index (χ2v) is 12.1. The van der Waals surface area contributed by atoms with Crippen LogP contribution in [0.1, 0.15) is 68.5 Å². The summed E-state index contributed by atoms with van der Waals surface area (Å²) in [5.74, 6) is 0.761. The van der Waals surface area contributed by atoms with Crippen molar-refractivity contribution in [2.75, 3.05) is 32.4 Å². The molecule has 1 saturated carbocycles. The quantitative estimate of drug-likeness (QED) is 0.434. The van der Waals surface area contributed by atoms with Crippen LogP contribution in [0.15, 0.2) is 59.5 Å². The second-order valence-electron chi connectivity index (χ2n) is 11.2. The zero-order valence-electron chi connectivity index (χ0n) is 22.2. The summed E-state index contributed by atoms with van der Waals surface area (Å²) < 4.78 is 0. The number of nitrogens with zero attached hydrogens (tertiary/aromatic N) is 2. The van der Waals surface area contributed by atoms with Gasteiger partial charge in [0.15, 0.2) is 0 Å². The van der Waals surface area contributed by atoms with E-state index in [0.717, 1.165) is 71.2 Å². The van der Waals surface area contributed by atoms with Crippen LogP contribution >= 0.6 is 11.8 Å². The van der Waals surface area contributed by atoms with Crippen LogP contribution in [0.5, 0.6) is 0 Å². The third kappa shape index (κ3) is 6.23. The average Bonchev–Trinajstić information content (AvgIpc) is 3.58. The Balaban J connectivity index is 1.14. The van der Waals surface area contributed by atoms with Crippen LogP contribution in [-0.4, -0.2) is 54.0 Å². The minimum Gasteiger partial charge on any atom is -0.349 e. The lowest BCUT2D eigenvalue weighted by Gasteiger charge is -2.38. The van der Waals surface area contributed by atoms with Gasteiger partial charge in [-0.25, -0.2) is 0 Å². The summed E-state index contributed by atoms with van der Waals surface area (Å²) in [7, 11) is 0. The van der Waals surface area contributed by atoms with Gasteiger partial charge >= 0.3 is 0 Å². The maximum atomic E-state index is 13.5. The highest BCUT2D eigenvalue weighted by molar-refractivity contribution is 7.98. The van der Waals surface area contributed by atoms with Gasteiger partial charge in [0.05, 0.1) is 11.5 Å². The molecule has 2 amide bonds. The summed E-state index contributed by atoms with van der Waals surface area (Å²) in [6, 6.07) is 19.1. The number of amides is 2. The Labute approximate surface area is 226 Å². The molecule has 0 radical (unpaired) electrons. The molecule has 1 N–H and O–H groups in total. The molecule has 0 unspecified atom stereocenters. The van der Waals surface area contributed by atoms with Gasteiger partial charge in [-0.2, -0.15) is 0 Å². The Morgan fingerprint density at radius 3 is 2.35 bits per heavy atom. The van der Waals surface area contributed by atoms with Crippen molar-refractivity contribution in [2.24, 2.45) is 11.3 Å². The van der Waals surface area contributed by atoms with Gasteiger partial charge in [-0.05, 0) is 81.1 Å². The predicted octanol–water partition coefficient (Wildman–Crippen LogP) is 5.66. The first kappa shape index (κ1) is 26.3. The van der Waals surface area contributed by atoms with E-state index in [1.807, 2.05) is 6.07 Å². The minimum absolute atomic E-state index is 0.0475. The van der Waals surface area contributed by atoms with Crippen molar-refractivity contribution >= 4 is 23.6 Å². The van der Waals surface area contributed by atoms with Crippen LogP contribution in [-0.2, 0) is 16.1 Å². The molecule has 0 bridgehead atoms. The predicted molar refractivity (Wildman–Crippen MR) is 150 cm³/mol. The molecular weight excluding hydrogens is 478 g/mol. The first-order valence-corrected chi connectivity index (χ1v) is 15.3. The number of carbonyl (C=O) groups is 2. The van der Waals surface area contributed by atoms with Crippen LogP contribution in [0.3, 0.4) is 0 Å². The van der Waals surface area contributed by atoms with Gasteiger partial charge in [-0.3, -0.25) is 9.59 Å². The Morgan fingerprint density at radius 2 is 1.68 bits per heavy atom. The normalized spacial score (nSPS) is 21.0. The maximum absolute atomic E-state index is 13.5. The Bertz CT molecular complexity index is 1040. The highest BCUT2D eigenvalue weighted by Gasteiger charge is 2.47. The molecule has 2 heterocycles. The molecule has 2 aliphatic heterocycles. The highest BCUT2D eigenvalue weighted by Crippen LogP contribution is 2.42. The van der Waals surface area contributed by atoms with E-state index in [1.165, 1.54) is 28.9 Å². The van der Waals surface area contributed by atoms with Crippen molar-refractivity contribution < 1.29 is 9.59 Å². The number of thioether (sulfide) groups is 1. The lowest BCUT2D eigenvalue weighted by atomic mass is 9.77. The summed E-state index contributed by atoms with van der Waals surface area (Å²) in [5, 5.41) is 3.38. The van der Waals surface area contributed by atoms with Crippen molar-refractivity contribution in [3.05, 3.63) is 65.7 Å². The number of carbonyl (C=O) groups excluding carboxylic acids is 2. The van der Waals surface area contributed by atoms with Gasteiger partial charge in [-0.15, -0.1) is 11.8 Å². The fourth-order valence-electron chi connectivity index (χ4n) is 6.46. The molecule has 1 atom stereocenters. The molecule has 5 rings (SSSR count). The molecule has 2 saturated heterocycles. The molecule has 1 spiro atoms. The van der Waals surface area contributed by atoms with Gasteiger partial charge in [0.2, 0.25) is 11.8 Å². The fraction of sp³-hybridized carbons (Fsp3) is 0.548. The summed E-state index contributed by atoms with van der Waals surface area (Å²) in [6.07, 6.45) is 10.2. The van der Waals surface area contributed by atoms with Gasteiger partial charge < -0.3 is 15.1 Å². The Morgan fingerprint density at radius 1 is 1.00 bits per heavy atom. The van der Waals surface area contributed by atoms with Crippen molar-refractivity contribution in [1.29, 1.82) is 0 Å². The van der Waals surface area contributed by atoms with Crippen LogP contribution < -0.4 is 5.32 Å². The monoisotopic (exact) mass is 519 g/mol. The first-order chi connectivity index (χ1) is 18.1. The van der Waals surface area contributed by atoms with Crippen molar-refractivity contribution in [2.45, 2.75) is 68.8 Å². The van der Waals surface area contributed by atoms with Crippen LogP contribution in [0, 0.1) is 11.3 Å². The number of piperidine rings is 1. The molecule has 6 heteroatoms. The van der Waals surface area contributed by atoms with Crippen molar-refractivity contribution in [1.82, 2.24) is 15.1 Å². The number of benzene rings is 2. The molecule has 37 heavy (non-hydrogen) atoms. The van der Waals surface area contributed by atoms with E-state index >= 15 is 0 Å². The molecule has 2 aromatic carbocycles. The van der Waals surface area contributed by atoms with E-state index in [-0.39, 0.29) is 23.3 Å². The largest absolute Gasteiger partial charge is 0.349 e. The smallest absolute Gasteiger partial charge is 0.229 e. The number of likely N-dealkylation sites (tertiary alicyclic amines) is 2. The summed E-state index contributed by atoms with van der Waals surface area (Å²) in [6.45, 7) is 4.45. The summed E-state index contributed by atoms with van der Waals surface area (Å²) in [4.78, 5) is 32.2. The van der Waals surface area contributed by atoms with E-state index in [1.54, 1.807) is 11.8 Å². The fourth-order valence-corrected chi connectivity index (χ4v) is 6.87. The van der Waals surface area contributed by atoms with Gasteiger partial charge in [0.1, 0.15) is 0 Å². The van der Waals surface area contributed by atoms with Gasteiger partial charge in [0, 0.05) is 30.4 Å². The number of rotatable bonds is 9. The van der Waals surface area contributed by atoms with E-state index in [2.05, 4.69) is 69.9 Å². The Kier molecular flexibility index (Phi) is 8.56. The SMILES string of the molecule is CSc1ccc(CN2CCC3(CCN(CC[C@H](NC(=O)C4CCCC4)c4ccccc4)CC3)C2=O)cc1. The molecule has 0 aromatic heterocycles. The average molecular weight is 520 g/mol. The van der Waals surface area contributed by atoms with E-state index < -0.39 is 0 Å². The van der Waals surface area contributed by atoms with E-state index in [0.29, 0.717) is 5.91 Å². The topological polar surface area (TPSA) is 52.6 Å². The molecule has 5 nitrogen and oxygen atoms in total. The lowest BCUT2D eigenvalue weighted by Crippen LogP contribution is -2.45. The summed E-state index contributed by atoms with van der Waals surface area (Å²) >= 11 is 1.75. The molecule has 1 aliphatic carbocycles. The zero-order valence-corrected chi connectivity index (χ0v) is 23.0. The van der Waals surface area contributed by atoms with E-state index in [4.69, 9.17) is 0 Å². The molecule has 198 valence electrons.